The molecule has 1 heterocycles. The van der Waals surface area contributed by atoms with Crippen molar-refractivity contribution in [2.45, 2.75) is 32.7 Å². The number of anilines is 2. The first-order valence-electron chi connectivity index (χ1n) is 6.30. The van der Waals surface area contributed by atoms with Gasteiger partial charge in [0.25, 0.3) is 5.69 Å². The summed E-state index contributed by atoms with van der Waals surface area (Å²) in [5.41, 5.74) is 7.15. The van der Waals surface area contributed by atoms with Gasteiger partial charge >= 0.3 is 0 Å². The second kappa shape index (κ2) is 4.84. The van der Waals surface area contributed by atoms with E-state index in [1.165, 1.54) is 6.07 Å². The summed E-state index contributed by atoms with van der Waals surface area (Å²) in [7, 11) is 0. The quantitative estimate of drug-likeness (QED) is 0.508. The van der Waals surface area contributed by atoms with Crippen LogP contribution >= 0.6 is 0 Å². The van der Waals surface area contributed by atoms with E-state index in [1.807, 2.05) is 6.07 Å². The molecule has 1 aromatic rings. The van der Waals surface area contributed by atoms with Gasteiger partial charge in [-0.3, -0.25) is 10.1 Å². The number of rotatable bonds is 3. The number of nitrogens with two attached hydrogens (primary N) is 1. The minimum Gasteiger partial charge on any atom is -0.398 e. The number of nitro benzene ring substituents is 1. The first-order valence-corrected chi connectivity index (χ1v) is 6.30. The Labute approximate surface area is 107 Å². The summed E-state index contributed by atoms with van der Waals surface area (Å²) in [5.74, 6) is 0.535. The van der Waals surface area contributed by atoms with Crippen LogP contribution in [-0.4, -0.2) is 17.5 Å². The highest BCUT2D eigenvalue weighted by Gasteiger charge is 2.28. The number of hydrogen-bond donors (Lipinski definition) is 1. The summed E-state index contributed by atoms with van der Waals surface area (Å²) in [6, 6.07) is 5.31. The topological polar surface area (TPSA) is 72.4 Å². The minimum atomic E-state index is -0.389. The van der Waals surface area contributed by atoms with Crippen LogP contribution in [0.3, 0.4) is 0 Å². The number of non-ortho nitro benzene ring substituents is 1. The summed E-state index contributed by atoms with van der Waals surface area (Å²) in [5, 5.41) is 10.9. The smallest absolute Gasteiger partial charge is 0.273 e. The molecule has 1 aliphatic rings. The van der Waals surface area contributed by atoms with Gasteiger partial charge < -0.3 is 10.6 Å². The van der Waals surface area contributed by atoms with E-state index >= 15 is 0 Å². The van der Waals surface area contributed by atoms with Crippen LogP contribution in [0.5, 0.6) is 0 Å². The molecule has 1 fully saturated rings. The Morgan fingerprint density at radius 1 is 1.44 bits per heavy atom. The monoisotopic (exact) mass is 249 g/mol. The van der Waals surface area contributed by atoms with Crippen molar-refractivity contribution in [3.05, 3.63) is 28.3 Å². The molecule has 0 radical (unpaired) electrons. The number of nitro groups is 1. The number of hydrogen-bond acceptors (Lipinski definition) is 4. The Morgan fingerprint density at radius 2 is 2.17 bits per heavy atom. The minimum absolute atomic E-state index is 0.0689. The van der Waals surface area contributed by atoms with E-state index in [-0.39, 0.29) is 10.6 Å². The molecule has 2 N–H and O–H groups in total. The van der Waals surface area contributed by atoms with E-state index in [9.17, 15) is 10.1 Å². The van der Waals surface area contributed by atoms with Crippen LogP contribution in [0.1, 0.15) is 26.7 Å². The van der Waals surface area contributed by atoms with Gasteiger partial charge in [-0.1, -0.05) is 13.8 Å². The average molecular weight is 249 g/mol. The van der Waals surface area contributed by atoms with E-state index in [0.29, 0.717) is 17.6 Å². The molecule has 0 bridgehead atoms. The molecule has 2 rings (SSSR count). The van der Waals surface area contributed by atoms with Crippen LogP contribution in [0, 0.1) is 16.0 Å². The van der Waals surface area contributed by atoms with Crippen molar-refractivity contribution in [2.75, 3.05) is 17.2 Å². The lowest BCUT2D eigenvalue weighted by Gasteiger charge is -2.29. The molecule has 5 nitrogen and oxygen atoms in total. The Hall–Kier alpha value is -1.78. The summed E-state index contributed by atoms with van der Waals surface area (Å²) >= 11 is 0. The van der Waals surface area contributed by atoms with Gasteiger partial charge in [0.15, 0.2) is 0 Å². The van der Waals surface area contributed by atoms with Gasteiger partial charge in [-0.25, -0.2) is 0 Å². The Balaban J connectivity index is 2.35. The van der Waals surface area contributed by atoms with Crippen molar-refractivity contribution in [3.63, 3.8) is 0 Å². The van der Waals surface area contributed by atoms with Gasteiger partial charge in [0.1, 0.15) is 0 Å². The first-order chi connectivity index (χ1) is 8.49. The zero-order valence-electron chi connectivity index (χ0n) is 10.8. The highest BCUT2D eigenvalue weighted by Crippen LogP contribution is 2.33. The molecule has 1 unspecified atom stereocenters. The third-order valence-corrected chi connectivity index (χ3v) is 3.54. The summed E-state index contributed by atoms with van der Waals surface area (Å²) in [6.07, 6.45) is 2.27. The Morgan fingerprint density at radius 3 is 2.78 bits per heavy atom. The second-order valence-corrected chi connectivity index (χ2v) is 5.19. The predicted molar refractivity (Wildman–Crippen MR) is 72.7 cm³/mol. The molecule has 0 saturated carbocycles. The fraction of sp³-hybridized carbons (Fsp3) is 0.538. The van der Waals surface area contributed by atoms with Gasteiger partial charge in [-0.05, 0) is 24.8 Å². The van der Waals surface area contributed by atoms with Crippen molar-refractivity contribution < 1.29 is 4.92 Å². The van der Waals surface area contributed by atoms with Crippen molar-refractivity contribution >= 4 is 17.1 Å². The molecule has 18 heavy (non-hydrogen) atoms. The van der Waals surface area contributed by atoms with Crippen molar-refractivity contribution in [3.8, 4) is 0 Å². The van der Waals surface area contributed by atoms with Crippen LogP contribution in [0.2, 0.25) is 0 Å². The van der Waals surface area contributed by atoms with E-state index in [4.69, 9.17) is 5.73 Å². The van der Waals surface area contributed by atoms with Gasteiger partial charge in [0.05, 0.1) is 4.92 Å². The number of benzene rings is 1. The first kappa shape index (κ1) is 12.7. The van der Waals surface area contributed by atoms with Crippen molar-refractivity contribution in [2.24, 2.45) is 5.92 Å². The molecule has 1 aromatic carbocycles. The molecule has 1 aliphatic heterocycles. The largest absolute Gasteiger partial charge is 0.398 e. The third kappa shape index (κ3) is 2.39. The molecule has 98 valence electrons. The van der Waals surface area contributed by atoms with Crippen molar-refractivity contribution in [1.29, 1.82) is 0 Å². The Bertz CT molecular complexity index is 460. The van der Waals surface area contributed by atoms with E-state index < -0.39 is 0 Å². The van der Waals surface area contributed by atoms with Gasteiger partial charge in [0, 0.05) is 36.1 Å². The molecule has 1 atom stereocenters. The lowest BCUT2D eigenvalue weighted by atomic mass is 10.0. The van der Waals surface area contributed by atoms with E-state index in [2.05, 4.69) is 18.7 Å². The van der Waals surface area contributed by atoms with Gasteiger partial charge in [0.2, 0.25) is 0 Å². The molecule has 1 saturated heterocycles. The van der Waals surface area contributed by atoms with Gasteiger partial charge in [-0.15, -0.1) is 0 Å². The van der Waals surface area contributed by atoms with Gasteiger partial charge in [-0.2, -0.15) is 0 Å². The molecule has 0 aromatic heterocycles. The maximum atomic E-state index is 10.9. The second-order valence-electron chi connectivity index (χ2n) is 5.19. The number of nitrogens with zero attached hydrogens (tertiary/aromatic N) is 2. The summed E-state index contributed by atoms with van der Waals surface area (Å²) in [6.45, 7) is 5.32. The maximum absolute atomic E-state index is 10.9. The SMILES string of the molecule is CC(C)C1CCCN1c1cc(N)cc([N+](=O)[O-])c1. The standard InChI is InChI=1S/C13H19N3O2/c1-9(2)13-4-3-5-15(13)11-6-10(14)7-12(8-11)16(17)18/h6-9,13H,3-5,14H2,1-2H3. The molecule has 0 spiro atoms. The highest BCUT2D eigenvalue weighted by atomic mass is 16.6. The lowest BCUT2D eigenvalue weighted by molar-refractivity contribution is -0.384. The molecular formula is C13H19N3O2. The fourth-order valence-corrected chi connectivity index (χ4v) is 2.70. The normalized spacial score (nSPS) is 19.5. The van der Waals surface area contributed by atoms with Crippen LogP contribution < -0.4 is 10.6 Å². The van der Waals surface area contributed by atoms with Crippen molar-refractivity contribution in [1.82, 2.24) is 0 Å². The molecule has 0 aliphatic carbocycles. The third-order valence-electron chi connectivity index (χ3n) is 3.54. The van der Waals surface area contributed by atoms with E-state index in [1.54, 1.807) is 6.07 Å². The van der Waals surface area contributed by atoms with Crippen LogP contribution in [-0.2, 0) is 0 Å². The number of nitrogen functional groups attached to an aromatic ring is 1. The lowest BCUT2D eigenvalue weighted by Crippen LogP contribution is -2.33. The zero-order chi connectivity index (χ0) is 13.3. The fourth-order valence-electron chi connectivity index (χ4n) is 2.70. The molecule has 5 heteroatoms. The van der Waals surface area contributed by atoms with Crippen LogP contribution in [0.4, 0.5) is 17.1 Å². The summed E-state index contributed by atoms with van der Waals surface area (Å²) < 4.78 is 0. The van der Waals surface area contributed by atoms with Crippen LogP contribution in [0.25, 0.3) is 0 Å². The summed E-state index contributed by atoms with van der Waals surface area (Å²) in [4.78, 5) is 12.7. The van der Waals surface area contributed by atoms with Crippen LogP contribution in [0.15, 0.2) is 18.2 Å². The molecule has 0 amide bonds. The average Bonchev–Trinajstić information content (AvgIpc) is 2.76. The zero-order valence-corrected chi connectivity index (χ0v) is 10.8. The Kier molecular flexibility index (Phi) is 3.41. The molecular weight excluding hydrogens is 230 g/mol. The maximum Gasteiger partial charge on any atom is 0.273 e. The highest BCUT2D eigenvalue weighted by molar-refractivity contribution is 5.63. The van der Waals surface area contributed by atoms with E-state index in [0.717, 1.165) is 25.1 Å². The predicted octanol–water partition coefficient (Wildman–Crippen LogP) is 2.80.